The van der Waals surface area contributed by atoms with Gasteiger partial charge in [0.25, 0.3) is 0 Å². The molecule has 1 heterocycles. The van der Waals surface area contributed by atoms with Crippen molar-refractivity contribution in [1.29, 1.82) is 0 Å². The molecular formula is C14H23NO5. The summed E-state index contributed by atoms with van der Waals surface area (Å²) in [7, 11) is 1.23. The van der Waals surface area contributed by atoms with Crippen molar-refractivity contribution < 1.29 is 24.2 Å². The van der Waals surface area contributed by atoms with E-state index >= 15 is 0 Å². The van der Waals surface area contributed by atoms with Crippen LogP contribution in [0.4, 0.5) is 4.79 Å². The monoisotopic (exact) mass is 285 g/mol. The van der Waals surface area contributed by atoms with Gasteiger partial charge in [0.15, 0.2) is 6.04 Å². The smallest absolute Gasteiger partial charge is 0.411 e. The van der Waals surface area contributed by atoms with E-state index in [0.717, 1.165) is 0 Å². The molecule has 1 amide bonds. The quantitative estimate of drug-likeness (QED) is 0.625. The Bertz CT molecular complexity index is 388. The summed E-state index contributed by atoms with van der Waals surface area (Å²) in [6.45, 7) is 9.08. The molecule has 0 aromatic rings. The second kappa shape index (κ2) is 6.26. The molecule has 0 aromatic heterocycles. The maximum Gasteiger partial charge on any atom is 0.411 e. The van der Waals surface area contributed by atoms with Gasteiger partial charge in [-0.15, -0.1) is 6.58 Å². The molecule has 0 spiro atoms. The highest BCUT2D eigenvalue weighted by molar-refractivity contribution is 5.83. The van der Waals surface area contributed by atoms with Crippen LogP contribution in [0.2, 0.25) is 0 Å². The average molecular weight is 285 g/mol. The Morgan fingerprint density at radius 3 is 2.50 bits per heavy atom. The summed E-state index contributed by atoms with van der Waals surface area (Å²) in [5, 5.41) is 10.2. The Morgan fingerprint density at radius 2 is 2.05 bits per heavy atom. The molecule has 6 nitrogen and oxygen atoms in total. The van der Waals surface area contributed by atoms with Crippen molar-refractivity contribution in [2.24, 2.45) is 5.92 Å². The molecule has 1 fully saturated rings. The molecule has 3 atom stereocenters. The predicted octanol–water partition coefficient (Wildman–Crippen LogP) is 1.33. The fraction of sp³-hybridized carbons (Fsp3) is 0.714. The van der Waals surface area contributed by atoms with Gasteiger partial charge >= 0.3 is 12.1 Å². The molecule has 0 saturated carbocycles. The number of rotatable bonds is 3. The second-order valence-electron chi connectivity index (χ2n) is 5.88. The lowest BCUT2D eigenvalue weighted by molar-refractivity contribution is -0.148. The van der Waals surface area contributed by atoms with Crippen LogP contribution in [0.5, 0.6) is 0 Å². The van der Waals surface area contributed by atoms with Gasteiger partial charge in [0.1, 0.15) is 5.60 Å². The Hall–Kier alpha value is -1.56. The van der Waals surface area contributed by atoms with Gasteiger partial charge < -0.3 is 14.6 Å². The molecule has 1 aliphatic rings. The van der Waals surface area contributed by atoms with Crippen molar-refractivity contribution in [2.45, 2.75) is 44.9 Å². The van der Waals surface area contributed by atoms with Gasteiger partial charge in [0.05, 0.1) is 13.2 Å². The highest BCUT2D eigenvalue weighted by Crippen LogP contribution is 2.29. The van der Waals surface area contributed by atoms with Gasteiger partial charge in [-0.05, 0) is 27.2 Å². The van der Waals surface area contributed by atoms with Crippen LogP contribution < -0.4 is 0 Å². The van der Waals surface area contributed by atoms with E-state index in [2.05, 4.69) is 11.3 Å². The van der Waals surface area contributed by atoms with Crippen molar-refractivity contribution in [2.75, 3.05) is 13.7 Å². The molecule has 0 aliphatic carbocycles. The van der Waals surface area contributed by atoms with Gasteiger partial charge in [-0.25, -0.2) is 9.59 Å². The first-order valence-electron chi connectivity index (χ1n) is 6.57. The molecule has 0 radical (unpaired) electrons. The van der Waals surface area contributed by atoms with Gasteiger partial charge in [-0.3, -0.25) is 4.90 Å². The Labute approximate surface area is 119 Å². The lowest BCUT2D eigenvalue weighted by Crippen LogP contribution is -2.47. The normalized spacial score (nSPS) is 26.2. The first-order chi connectivity index (χ1) is 9.21. The standard InChI is InChI=1S/C14H23NO5/c1-6-7-9-8-15(13(18)20-14(2,3)4)10(11(9)16)12(17)19-5/h6,9-11,16H,1,7-8H2,2-5H3/t9-,10-,11+/m0/s1. The van der Waals surface area contributed by atoms with Gasteiger partial charge in [0.2, 0.25) is 0 Å². The SMILES string of the molecule is C=CC[C@H]1CN(C(=O)OC(C)(C)C)[C@H](C(=O)OC)[C@@H]1O. The summed E-state index contributed by atoms with van der Waals surface area (Å²) in [6, 6.07) is -1.03. The second-order valence-corrected chi connectivity index (χ2v) is 5.88. The summed E-state index contributed by atoms with van der Waals surface area (Å²) < 4.78 is 9.93. The number of methoxy groups -OCH3 is 1. The van der Waals surface area contributed by atoms with Crippen molar-refractivity contribution >= 4 is 12.1 Å². The van der Waals surface area contributed by atoms with Gasteiger partial charge in [-0.2, -0.15) is 0 Å². The molecule has 20 heavy (non-hydrogen) atoms. The minimum Gasteiger partial charge on any atom is -0.467 e. The summed E-state index contributed by atoms with van der Waals surface area (Å²) in [4.78, 5) is 25.2. The first-order valence-corrected chi connectivity index (χ1v) is 6.57. The number of ether oxygens (including phenoxy) is 2. The topological polar surface area (TPSA) is 76.1 Å². The fourth-order valence-electron chi connectivity index (χ4n) is 2.24. The van der Waals surface area contributed by atoms with E-state index in [-0.39, 0.29) is 12.5 Å². The molecular weight excluding hydrogens is 262 g/mol. The van der Waals surface area contributed by atoms with Crippen LogP contribution >= 0.6 is 0 Å². The van der Waals surface area contributed by atoms with Crippen LogP contribution in [0.15, 0.2) is 12.7 Å². The molecule has 6 heteroatoms. The lowest BCUT2D eigenvalue weighted by Gasteiger charge is -2.27. The van der Waals surface area contributed by atoms with E-state index in [4.69, 9.17) is 4.74 Å². The molecule has 114 valence electrons. The summed E-state index contributed by atoms with van der Waals surface area (Å²) in [5.41, 5.74) is -0.667. The van der Waals surface area contributed by atoms with E-state index in [1.54, 1.807) is 26.8 Å². The number of allylic oxidation sites excluding steroid dienone is 1. The number of amides is 1. The van der Waals surface area contributed by atoms with E-state index in [0.29, 0.717) is 6.42 Å². The van der Waals surface area contributed by atoms with Crippen molar-refractivity contribution in [3.05, 3.63) is 12.7 Å². The van der Waals surface area contributed by atoms with E-state index < -0.39 is 29.8 Å². The number of aliphatic hydroxyl groups is 1. The zero-order valence-corrected chi connectivity index (χ0v) is 12.5. The van der Waals surface area contributed by atoms with Crippen LogP contribution in [-0.4, -0.2) is 53.5 Å². The molecule has 1 rings (SSSR count). The largest absolute Gasteiger partial charge is 0.467 e. The van der Waals surface area contributed by atoms with E-state index in [1.807, 2.05) is 0 Å². The summed E-state index contributed by atoms with van der Waals surface area (Å²) in [5.74, 6) is -0.890. The lowest BCUT2D eigenvalue weighted by atomic mass is 9.98. The number of hydrogen-bond acceptors (Lipinski definition) is 5. The minimum atomic E-state index is -1.03. The summed E-state index contributed by atoms with van der Waals surface area (Å²) >= 11 is 0. The van der Waals surface area contributed by atoms with Crippen LogP contribution in [0, 0.1) is 5.92 Å². The maximum absolute atomic E-state index is 12.1. The number of aliphatic hydroxyl groups excluding tert-OH is 1. The maximum atomic E-state index is 12.1. The molecule has 1 aliphatic heterocycles. The zero-order chi connectivity index (χ0) is 15.5. The Balaban J connectivity index is 2.93. The fourth-order valence-corrected chi connectivity index (χ4v) is 2.24. The average Bonchev–Trinajstić information content (AvgIpc) is 2.65. The van der Waals surface area contributed by atoms with Crippen molar-refractivity contribution in [3.63, 3.8) is 0 Å². The minimum absolute atomic E-state index is 0.238. The van der Waals surface area contributed by atoms with E-state index in [9.17, 15) is 14.7 Å². The number of nitrogens with zero attached hydrogens (tertiary/aromatic N) is 1. The Kier molecular flexibility index (Phi) is 5.16. The number of likely N-dealkylation sites (tertiary alicyclic amines) is 1. The predicted molar refractivity (Wildman–Crippen MR) is 73.1 cm³/mol. The van der Waals surface area contributed by atoms with Crippen LogP contribution in [0.1, 0.15) is 27.2 Å². The first kappa shape index (κ1) is 16.5. The third-order valence-electron chi connectivity index (χ3n) is 3.11. The highest BCUT2D eigenvalue weighted by Gasteiger charge is 2.48. The molecule has 0 unspecified atom stereocenters. The third kappa shape index (κ3) is 3.72. The van der Waals surface area contributed by atoms with Crippen molar-refractivity contribution in [1.82, 2.24) is 4.90 Å². The highest BCUT2D eigenvalue weighted by atomic mass is 16.6. The molecule has 0 aromatic carbocycles. The van der Waals surface area contributed by atoms with Gasteiger partial charge in [0, 0.05) is 12.5 Å². The van der Waals surface area contributed by atoms with Gasteiger partial charge in [-0.1, -0.05) is 6.08 Å². The number of carbonyl (C=O) groups is 2. The Morgan fingerprint density at radius 1 is 1.45 bits per heavy atom. The van der Waals surface area contributed by atoms with Crippen LogP contribution in [-0.2, 0) is 14.3 Å². The number of carbonyl (C=O) groups excluding carboxylic acids is 2. The number of hydrogen-bond donors (Lipinski definition) is 1. The van der Waals surface area contributed by atoms with Crippen LogP contribution in [0.25, 0.3) is 0 Å². The van der Waals surface area contributed by atoms with Crippen LogP contribution in [0.3, 0.4) is 0 Å². The zero-order valence-electron chi connectivity index (χ0n) is 12.5. The third-order valence-corrected chi connectivity index (χ3v) is 3.11. The summed E-state index contributed by atoms with van der Waals surface area (Å²) in [6.07, 6.45) is 0.556. The molecule has 0 bridgehead atoms. The molecule has 1 saturated heterocycles. The number of esters is 1. The van der Waals surface area contributed by atoms with E-state index in [1.165, 1.54) is 12.0 Å². The van der Waals surface area contributed by atoms with Crippen molar-refractivity contribution in [3.8, 4) is 0 Å². The molecule has 1 N–H and O–H groups in total.